The van der Waals surface area contributed by atoms with Gasteiger partial charge in [0, 0.05) is 5.88 Å². The molecular weight excluding hydrogens is 310 g/mol. The zero-order valence-electron chi connectivity index (χ0n) is 13.0. The molecule has 0 bridgehead atoms. The van der Waals surface area contributed by atoms with Crippen LogP contribution in [-0.2, 0) is 14.3 Å². The van der Waals surface area contributed by atoms with E-state index in [-0.39, 0.29) is 11.8 Å². The van der Waals surface area contributed by atoms with E-state index in [2.05, 4.69) is 5.32 Å². The maximum absolute atomic E-state index is 12.2. The lowest BCUT2D eigenvalue weighted by Crippen LogP contribution is -2.80. The Labute approximate surface area is 135 Å². The van der Waals surface area contributed by atoms with E-state index in [0.717, 1.165) is 19.3 Å². The Hall–Kier alpha value is -0.850. The minimum absolute atomic E-state index is 0.246. The van der Waals surface area contributed by atoms with Gasteiger partial charge in [-0.15, -0.1) is 11.6 Å². The average molecular weight is 334 g/mol. The fourth-order valence-corrected chi connectivity index (χ4v) is 3.83. The fourth-order valence-electron chi connectivity index (χ4n) is 3.62. The molecule has 0 aromatic heterocycles. The van der Waals surface area contributed by atoms with Crippen LogP contribution in [0.25, 0.3) is 0 Å². The molecule has 6 nitrogen and oxygen atoms in total. The molecule has 126 valence electrons. The molecule has 2 heterocycles. The van der Waals surface area contributed by atoms with Gasteiger partial charge in [-0.1, -0.05) is 26.2 Å². The molecule has 0 unspecified atom stereocenters. The number of nitrogens with one attached hydrogen (secondary N) is 1. The average Bonchev–Trinajstić information content (AvgIpc) is 2.65. The number of amides is 1. The van der Waals surface area contributed by atoms with Crippen LogP contribution in [0.15, 0.2) is 0 Å². The minimum atomic E-state index is -1.56. The summed E-state index contributed by atoms with van der Waals surface area (Å²) in [5.74, 6) is -1.42. The number of aliphatic hydroxyl groups excluding tert-OH is 2. The molecule has 7 heteroatoms. The molecule has 2 fully saturated rings. The molecular formula is C15H24ClNO5. The van der Waals surface area contributed by atoms with E-state index in [0.29, 0.717) is 12.8 Å². The van der Waals surface area contributed by atoms with Crippen molar-refractivity contribution in [1.29, 1.82) is 0 Å². The lowest BCUT2D eigenvalue weighted by Gasteiger charge is -2.54. The van der Waals surface area contributed by atoms with Crippen molar-refractivity contribution < 1.29 is 24.5 Å². The van der Waals surface area contributed by atoms with Crippen LogP contribution in [0.1, 0.15) is 46.0 Å². The van der Waals surface area contributed by atoms with Crippen molar-refractivity contribution in [2.75, 3.05) is 5.88 Å². The first-order valence-electron chi connectivity index (χ1n) is 7.82. The molecule has 0 aliphatic carbocycles. The Morgan fingerprint density at radius 2 is 2.05 bits per heavy atom. The molecule has 22 heavy (non-hydrogen) atoms. The Kier molecular flexibility index (Phi) is 5.04. The first-order chi connectivity index (χ1) is 10.3. The van der Waals surface area contributed by atoms with Crippen LogP contribution >= 0.6 is 11.6 Å². The Balaban J connectivity index is 2.19. The number of hydrogen-bond donors (Lipinski definition) is 3. The summed E-state index contributed by atoms with van der Waals surface area (Å²) in [5, 5.41) is 23.3. The van der Waals surface area contributed by atoms with Gasteiger partial charge in [0.05, 0.1) is 12.0 Å². The summed E-state index contributed by atoms with van der Waals surface area (Å²) in [6.07, 6.45) is 0.902. The largest absolute Gasteiger partial charge is 0.453 e. The molecule has 0 aromatic rings. The molecule has 0 radical (unpaired) electrons. The minimum Gasteiger partial charge on any atom is -0.453 e. The molecule has 2 aliphatic rings. The highest BCUT2D eigenvalue weighted by Crippen LogP contribution is 2.52. The van der Waals surface area contributed by atoms with Gasteiger partial charge in [-0.3, -0.25) is 4.79 Å². The lowest BCUT2D eigenvalue weighted by molar-refractivity contribution is -0.242. The third kappa shape index (κ3) is 2.32. The highest BCUT2D eigenvalue weighted by atomic mass is 35.5. The van der Waals surface area contributed by atoms with E-state index in [9.17, 15) is 19.8 Å². The summed E-state index contributed by atoms with van der Waals surface area (Å²) in [6.45, 7) is 3.65. The number of fused-ring (bicyclic) bond motifs is 1. The van der Waals surface area contributed by atoms with E-state index in [1.165, 1.54) is 0 Å². The number of unbranched alkanes of at least 4 members (excludes halogenated alkanes) is 2. The maximum Gasteiger partial charge on any atom is 0.339 e. The van der Waals surface area contributed by atoms with Crippen molar-refractivity contribution in [3.05, 3.63) is 0 Å². The highest BCUT2D eigenvalue weighted by molar-refractivity contribution is 6.18. The van der Waals surface area contributed by atoms with Crippen molar-refractivity contribution in [3.63, 3.8) is 0 Å². The SMILES string of the molecule is CCCCC[C@@H](O)[C@H](O)[C@@]12NC(=O)[C@H](CCCl)[C@]1(C)OC2=O. The number of rotatable bonds is 8. The number of halogens is 1. The van der Waals surface area contributed by atoms with Crippen LogP contribution in [0.4, 0.5) is 0 Å². The van der Waals surface area contributed by atoms with E-state index in [4.69, 9.17) is 16.3 Å². The predicted octanol–water partition coefficient (Wildman–Crippen LogP) is 0.718. The molecule has 1 amide bonds. The first-order valence-corrected chi connectivity index (χ1v) is 8.36. The molecule has 0 saturated carbocycles. The standard InChI is InChI=1S/C15H24ClNO5/c1-3-4-5-6-10(18)11(19)15-13(21)22-14(15,2)9(7-8-16)12(20)17-15/h9-11,18-19H,3-8H2,1-2H3,(H,17,20)/t9-,10+,11-,14-,15-/m0/s1. The molecule has 0 spiro atoms. The van der Waals surface area contributed by atoms with Gasteiger partial charge in [0.1, 0.15) is 6.10 Å². The van der Waals surface area contributed by atoms with Crippen LogP contribution in [0, 0.1) is 5.92 Å². The Morgan fingerprint density at radius 1 is 1.36 bits per heavy atom. The second-order valence-corrected chi connectivity index (χ2v) is 6.71. The van der Waals surface area contributed by atoms with Crippen LogP contribution in [0.2, 0.25) is 0 Å². The van der Waals surface area contributed by atoms with Crippen LogP contribution in [0.5, 0.6) is 0 Å². The maximum atomic E-state index is 12.2. The van der Waals surface area contributed by atoms with E-state index < -0.39 is 35.2 Å². The van der Waals surface area contributed by atoms with E-state index >= 15 is 0 Å². The highest BCUT2D eigenvalue weighted by Gasteiger charge is 2.79. The van der Waals surface area contributed by atoms with Gasteiger partial charge >= 0.3 is 5.97 Å². The van der Waals surface area contributed by atoms with E-state index in [1.54, 1.807) is 6.92 Å². The number of carbonyl (C=O) groups excluding carboxylic acids is 2. The smallest absolute Gasteiger partial charge is 0.339 e. The second-order valence-electron chi connectivity index (χ2n) is 6.33. The van der Waals surface area contributed by atoms with Gasteiger partial charge in [0.15, 0.2) is 5.60 Å². The topological polar surface area (TPSA) is 95.9 Å². The molecule has 2 saturated heterocycles. The number of ether oxygens (including phenoxy) is 1. The summed E-state index contributed by atoms with van der Waals surface area (Å²) in [4.78, 5) is 24.2. The predicted molar refractivity (Wildman–Crippen MR) is 80.4 cm³/mol. The fraction of sp³-hybridized carbons (Fsp3) is 0.867. The summed E-state index contributed by atoms with van der Waals surface area (Å²) in [7, 11) is 0. The molecule has 3 N–H and O–H groups in total. The zero-order valence-corrected chi connectivity index (χ0v) is 13.7. The summed E-state index contributed by atoms with van der Waals surface area (Å²) < 4.78 is 5.23. The van der Waals surface area contributed by atoms with Crippen LogP contribution in [-0.4, -0.2) is 51.3 Å². The Bertz CT molecular complexity index is 459. The van der Waals surface area contributed by atoms with Gasteiger partial charge in [0.25, 0.3) is 0 Å². The molecule has 0 aromatic carbocycles. The van der Waals surface area contributed by atoms with Crippen molar-refractivity contribution in [1.82, 2.24) is 5.32 Å². The Morgan fingerprint density at radius 3 is 2.59 bits per heavy atom. The second kappa shape index (κ2) is 6.34. The monoisotopic (exact) mass is 333 g/mol. The third-order valence-electron chi connectivity index (χ3n) is 5.02. The molecule has 5 atom stereocenters. The van der Waals surface area contributed by atoms with Crippen LogP contribution in [0.3, 0.4) is 0 Å². The summed E-state index contributed by atoms with van der Waals surface area (Å²) in [5.41, 5.74) is -2.73. The van der Waals surface area contributed by atoms with Crippen molar-refractivity contribution >= 4 is 23.5 Å². The number of carbonyl (C=O) groups is 2. The number of hydrogen-bond acceptors (Lipinski definition) is 5. The lowest BCUT2D eigenvalue weighted by atomic mass is 9.66. The number of esters is 1. The van der Waals surface area contributed by atoms with Gasteiger partial charge in [-0.25, -0.2) is 4.79 Å². The summed E-state index contributed by atoms with van der Waals surface area (Å²) >= 11 is 5.72. The normalized spacial score (nSPS) is 36.1. The molecule has 2 rings (SSSR count). The number of alkyl halides is 1. The van der Waals surface area contributed by atoms with Gasteiger partial charge in [-0.05, 0) is 19.8 Å². The van der Waals surface area contributed by atoms with E-state index in [1.807, 2.05) is 6.92 Å². The zero-order chi connectivity index (χ0) is 16.5. The third-order valence-corrected chi connectivity index (χ3v) is 5.24. The van der Waals surface area contributed by atoms with Crippen molar-refractivity contribution in [2.45, 2.75) is 69.3 Å². The number of aliphatic hydroxyl groups is 2. The van der Waals surface area contributed by atoms with Gasteiger partial charge < -0.3 is 20.3 Å². The van der Waals surface area contributed by atoms with Gasteiger partial charge in [0.2, 0.25) is 11.4 Å². The molecule has 2 aliphatic heterocycles. The van der Waals surface area contributed by atoms with Gasteiger partial charge in [-0.2, -0.15) is 0 Å². The quantitative estimate of drug-likeness (QED) is 0.345. The van der Waals surface area contributed by atoms with Crippen molar-refractivity contribution in [2.24, 2.45) is 5.92 Å². The summed E-state index contributed by atoms with van der Waals surface area (Å²) in [6, 6.07) is 0. The first kappa shape index (κ1) is 17.5. The van der Waals surface area contributed by atoms with Crippen molar-refractivity contribution in [3.8, 4) is 0 Å². The van der Waals surface area contributed by atoms with Crippen LogP contribution < -0.4 is 5.32 Å².